The van der Waals surface area contributed by atoms with Crippen LogP contribution in [-0.2, 0) is 0 Å². The van der Waals surface area contributed by atoms with Gasteiger partial charge in [-0.2, -0.15) is 0 Å². The maximum Gasteiger partial charge on any atom is 0.0195 e. The monoisotopic (exact) mass is 226 g/mol. The zero-order valence-corrected chi connectivity index (χ0v) is 11.5. The van der Waals surface area contributed by atoms with E-state index in [4.69, 9.17) is 0 Å². The fourth-order valence-corrected chi connectivity index (χ4v) is 2.24. The molecule has 0 spiro atoms. The Morgan fingerprint density at radius 2 is 1.88 bits per heavy atom. The maximum absolute atomic E-state index is 3.58. The first-order valence-corrected chi connectivity index (χ1v) is 7.26. The lowest BCUT2D eigenvalue weighted by Crippen LogP contribution is -2.42. The van der Waals surface area contributed by atoms with Crippen LogP contribution in [0.2, 0.25) is 0 Å². The van der Waals surface area contributed by atoms with Crippen molar-refractivity contribution in [1.82, 2.24) is 10.2 Å². The SMILES string of the molecule is CCCCNCC(C)N(CCCC)C1CC1. The molecular weight excluding hydrogens is 196 g/mol. The van der Waals surface area contributed by atoms with E-state index in [-0.39, 0.29) is 0 Å². The number of unbranched alkanes of at least 4 members (excludes halogenated alkanes) is 2. The highest BCUT2D eigenvalue weighted by Gasteiger charge is 2.31. The zero-order valence-electron chi connectivity index (χ0n) is 11.5. The standard InChI is InChI=1S/C14H30N2/c1-4-6-10-15-12-13(3)16(11-7-5-2)14-8-9-14/h13-15H,4-12H2,1-3H3. The maximum atomic E-state index is 3.58. The van der Waals surface area contributed by atoms with Crippen molar-refractivity contribution in [1.29, 1.82) is 0 Å². The summed E-state index contributed by atoms with van der Waals surface area (Å²) < 4.78 is 0. The van der Waals surface area contributed by atoms with Crippen LogP contribution in [0.3, 0.4) is 0 Å². The van der Waals surface area contributed by atoms with Gasteiger partial charge in [0.2, 0.25) is 0 Å². The highest BCUT2D eigenvalue weighted by molar-refractivity contribution is 4.87. The highest BCUT2D eigenvalue weighted by Crippen LogP contribution is 2.28. The van der Waals surface area contributed by atoms with Crippen LogP contribution < -0.4 is 5.32 Å². The van der Waals surface area contributed by atoms with Crippen LogP contribution in [0.25, 0.3) is 0 Å². The smallest absolute Gasteiger partial charge is 0.0195 e. The second-order valence-electron chi connectivity index (χ2n) is 5.23. The average molecular weight is 226 g/mol. The molecule has 0 amide bonds. The van der Waals surface area contributed by atoms with Crippen molar-refractivity contribution >= 4 is 0 Å². The van der Waals surface area contributed by atoms with Crippen LogP contribution in [-0.4, -0.2) is 36.6 Å². The molecule has 1 N–H and O–H groups in total. The lowest BCUT2D eigenvalue weighted by atomic mass is 10.2. The summed E-state index contributed by atoms with van der Waals surface area (Å²) in [5.74, 6) is 0. The Kier molecular flexibility index (Phi) is 7.06. The van der Waals surface area contributed by atoms with Crippen LogP contribution in [0.15, 0.2) is 0 Å². The van der Waals surface area contributed by atoms with E-state index in [0.717, 1.165) is 12.1 Å². The van der Waals surface area contributed by atoms with Crippen LogP contribution in [0.1, 0.15) is 59.3 Å². The molecule has 0 radical (unpaired) electrons. The molecule has 1 unspecified atom stereocenters. The molecule has 0 aromatic rings. The summed E-state index contributed by atoms with van der Waals surface area (Å²) in [4.78, 5) is 2.72. The molecule has 96 valence electrons. The Balaban J connectivity index is 2.16. The number of nitrogens with zero attached hydrogens (tertiary/aromatic N) is 1. The second-order valence-corrected chi connectivity index (χ2v) is 5.23. The molecule has 0 saturated heterocycles. The molecule has 0 heterocycles. The van der Waals surface area contributed by atoms with Gasteiger partial charge in [0.25, 0.3) is 0 Å². The van der Waals surface area contributed by atoms with Gasteiger partial charge in [0.1, 0.15) is 0 Å². The minimum atomic E-state index is 0.718. The predicted molar refractivity (Wildman–Crippen MR) is 71.9 cm³/mol. The first kappa shape index (κ1) is 14.0. The van der Waals surface area contributed by atoms with Crippen LogP contribution >= 0.6 is 0 Å². The molecule has 1 fully saturated rings. The van der Waals surface area contributed by atoms with E-state index < -0.39 is 0 Å². The minimum absolute atomic E-state index is 0.718. The van der Waals surface area contributed by atoms with Gasteiger partial charge in [0.05, 0.1) is 0 Å². The Bertz CT molecular complexity index is 166. The Morgan fingerprint density at radius 1 is 1.19 bits per heavy atom. The topological polar surface area (TPSA) is 15.3 Å². The Labute approximate surface area is 102 Å². The van der Waals surface area contributed by atoms with Crippen molar-refractivity contribution < 1.29 is 0 Å². The van der Waals surface area contributed by atoms with E-state index in [1.807, 2.05) is 0 Å². The van der Waals surface area contributed by atoms with Gasteiger partial charge in [-0.05, 0) is 45.7 Å². The Hall–Kier alpha value is -0.0800. The molecule has 0 bridgehead atoms. The second kappa shape index (κ2) is 8.08. The first-order valence-electron chi connectivity index (χ1n) is 7.26. The lowest BCUT2D eigenvalue weighted by Gasteiger charge is -2.29. The van der Waals surface area contributed by atoms with Crippen molar-refractivity contribution in [3.63, 3.8) is 0 Å². The molecule has 1 atom stereocenters. The van der Waals surface area contributed by atoms with Crippen molar-refractivity contribution in [2.75, 3.05) is 19.6 Å². The molecule has 1 aliphatic carbocycles. The fraction of sp³-hybridized carbons (Fsp3) is 1.00. The third kappa shape index (κ3) is 5.31. The molecule has 2 nitrogen and oxygen atoms in total. The van der Waals surface area contributed by atoms with Gasteiger partial charge in [-0.1, -0.05) is 26.7 Å². The van der Waals surface area contributed by atoms with Gasteiger partial charge in [-0.25, -0.2) is 0 Å². The lowest BCUT2D eigenvalue weighted by molar-refractivity contribution is 0.191. The van der Waals surface area contributed by atoms with E-state index in [1.165, 1.54) is 58.2 Å². The summed E-state index contributed by atoms with van der Waals surface area (Å²) in [5.41, 5.74) is 0. The van der Waals surface area contributed by atoms with Crippen molar-refractivity contribution in [2.45, 2.75) is 71.4 Å². The first-order chi connectivity index (χ1) is 7.79. The van der Waals surface area contributed by atoms with Crippen molar-refractivity contribution in [2.24, 2.45) is 0 Å². The molecule has 2 heteroatoms. The number of hydrogen-bond donors (Lipinski definition) is 1. The summed E-state index contributed by atoms with van der Waals surface area (Å²) in [6.45, 7) is 10.6. The molecule has 0 aliphatic heterocycles. The van der Waals surface area contributed by atoms with E-state index in [0.29, 0.717) is 0 Å². The summed E-state index contributed by atoms with van der Waals surface area (Å²) in [6, 6.07) is 1.63. The zero-order chi connectivity index (χ0) is 11.8. The van der Waals surface area contributed by atoms with Crippen LogP contribution in [0.4, 0.5) is 0 Å². The summed E-state index contributed by atoms with van der Waals surface area (Å²) in [5, 5.41) is 3.58. The molecule has 1 saturated carbocycles. The van der Waals surface area contributed by atoms with E-state index in [2.05, 4.69) is 31.0 Å². The van der Waals surface area contributed by atoms with Gasteiger partial charge >= 0.3 is 0 Å². The molecule has 16 heavy (non-hydrogen) atoms. The van der Waals surface area contributed by atoms with Gasteiger partial charge in [0, 0.05) is 18.6 Å². The summed E-state index contributed by atoms with van der Waals surface area (Å²) >= 11 is 0. The molecule has 1 aliphatic rings. The average Bonchev–Trinajstić information content (AvgIpc) is 3.09. The Morgan fingerprint density at radius 3 is 2.44 bits per heavy atom. The predicted octanol–water partition coefficient (Wildman–Crippen LogP) is 3.03. The quantitative estimate of drug-likeness (QED) is 0.576. The number of rotatable bonds is 10. The molecular formula is C14H30N2. The van der Waals surface area contributed by atoms with Crippen molar-refractivity contribution in [3.05, 3.63) is 0 Å². The number of hydrogen-bond acceptors (Lipinski definition) is 2. The largest absolute Gasteiger partial charge is 0.315 e. The van der Waals surface area contributed by atoms with Gasteiger partial charge in [-0.3, -0.25) is 4.90 Å². The highest BCUT2D eigenvalue weighted by atomic mass is 15.2. The molecule has 1 rings (SSSR count). The van der Waals surface area contributed by atoms with Gasteiger partial charge in [-0.15, -0.1) is 0 Å². The fourth-order valence-electron chi connectivity index (χ4n) is 2.24. The third-order valence-electron chi connectivity index (χ3n) is 3.50. The normalized spacial score (nSPS) is 18.0. The molecule has 0 aromatic heterocycles. The third-order valence-corrected chi connectivity index (χ3v) is 3.50. The summed E-state index contributed by atoms with van der Waals surface area (Å²) in [7, 11) is 0. The van der Waals surface area contributed by atoms with E-state index in [9.17, 15) is 0 Å². The van der Waals surface area contributed by atoms with Crippen LogP contribution in [0.5, 0.6) is 0 Å². The van der Waals surface area contributed by atoms with E-state index >= 15 is 0 Å². The van der Waals surface area contributed by atoms with Gasteiger partial charge < -0.3 is 5.32 Å². The van der Waals surface area contributed by atoms with Crippen molar-refractivity contribution in [3.8, 4) is 0 Å². The number of nitrogens with one attached hydrogen (secondary N) is 1. The van der Waals surface area contributed by atoms with Crippen LogP contribution in [0, 0.1) is 0 Å². The van der Waals surface area contributed by atoms with E-state index in [1.54, 1.807) is 0 Å². The van der Waals surface area contributed by atoms with Gasteiger partial charge in [0.15, 0.2) is 0 Å². The summed E-state index contributed by atoms with van der Waals surface area (Å²) in [6.07, 6.45) is 8.15. The molecule has 0 aromatic carbocycles. The minimum Gasteiger partial charge on any atom is -0.315 e.